The number of carbonyl (C=O) groups is 1. The van der Waals surface area contributed by atoms with Crippen LogP contribution in [0.15, 0.2) is 0 Å². The zero-order valence-corrected chi connectivity index (χ0v) is 11.9. The maximum Gasteiger partial charge on any atom is 0.389 e. The molecule has 1 rings (SSSR count). The highest BCUT2D eigenvalue weighted by molar-refractivity contribution is 7.89. The monoisotopic (exact) mass is 317 g/mol. The van der Waals surface area contributed by atoms with Crippen LogP contribution in [0.1, 0.15) is 32.6 Å². The van der Waals surface area contributed by atoms with Crippen molar-refractivity contribution >= 4 is 16.0 Å². The van der Waals surface area contributed by atoms with Crippen molar-refractivity contribution in [2.75, 3.05) is 12.3 Å². The third kappa shape index (κ3) is 4.93. The molecule has 1 saturated heterocycles. The summed E-state index contributed by atoms with van der Waals surface area (Å²) in [5.74, 6) is -2.47. The van der Waals surface area contributed by atoms with E-state index in [1.165, 1.54) is 0 Å². The smallest absolute Gasteiger partial charge is 0.389 e. The van der Waals surface area contributed by atoms with Crippen molar-refractivity contribution in [2.24, 2.45) is 5.92 Å². The Bertz CT molecular complexity index is 449. The Morgan fingerprint density at radius 2 is 1.95 bits per heavy atom. The number of sulfonamides is 1. The molecule has 0 aliphatic carbocycles. The molecule has 1 aliphatic rings. The van der Waals surface area contributed by atoms with E-state index < -0.39 is 46.7 Å². The number of hydrogen-bond acceptors (Lipinski definition) is 3. The van der Waals surface area contributed by atoms with Gasteiger partial charge in [-0.1, -0.05) is 0 Å². The summed E-state index contributed by atoms with van der Waals surface area (Å²) in [6.45, 7) is 1.48. The van der Waals surface area contributed by atoms with E-state index in [-0.39, 0.29) is 12.6 Å². The fourth-order valence-electron chi connectivity index (χ4n) is 2.24. The molecule has 2 atom stereocenters. The van der Waals surface area contributed by atoms with Gasteiger partial charge in [-0.2, -0.15) is 17.5 Å². The van der Waals surface area contributed by atoms with Gasteiger partial charge >= 0.3 is 12.1 Å². The molecule has 9 heteroatoms. The quantitative estimate of drug-likeness (QED) is 0.839. The van der Waals surface area contributed by atoms with E-state index in [9.17, 15) is 26.4 Å². The maximum absolute atomic E-state index is 12.0. The molecule has 0 amide bonds. The van der Waals surface area contributed by atoms with Crippen LogP contribution in [0.5, 0.6) is 0 Å². The van der Waals surface area contributed by atoms with E-state index in [1.807, 2.05) is 0 Å². The van der Waals surface area contributed by atoms with Crippen molar-refractivity contribution in [1.82, 2.24) is 4.31 Å². The van der Waals surface area contributed by atoms with E-state index >= 15 is 0 Å². The molecule has 0 saturated carbocycles. The molecule has 1 aliphatic heterocycles. The van der Waals surface area contributed by atoms with Crippen LogP contribution in [0.4, 0.5) is 13.2 Å². The van der Waals surface area contributed by atoms with Gasteiger partial charge in [-0.15, -0.1) is 0 Å². The molecule has 0 aromatic carbocycles. The molecule has 0 spiro atoms. The maximum atomic E-state index is 12.0. The standard InChI is InChI=1S/C11H18F3NO4S/c1-8-3-4-9(10(16)17)7-15(8)20(18,19)6-2-5-11(12,13)14/h8-9H,2-7H2,1H3,(H,16,17). The number of rotatable bonds is 5. The zero-order valence-electron chi connectivity index (χ0n) is 11.1. The van der Waals surface area contributed by atoms with Gasteiger partial charge in [-0.25, -0.2) is 8.42 Å². The van der Waals surface area contributed by atoms with Gasteiger partial charge in [0.05, 0.1) is 11.7 Å². The van der Waals surface area contributed by atoms with Crippen LogP contribution in [0.2, 0.25) is 0 Å². The van der Waals surface area contributed by atoms with Crippen LogP contribution in [0.3, 0.4) is 0 Å². The molecule has 0 aromatic rings. The average Bonchev–Trinajstić information content (AvgIpc) is 2.26. The second-order valence-corrected chi connectivity index (χ2v) is 7.11. The van der Waals surface area contributed by atoms with Gasteiger partial charge in [-0.3, -0.25) is 4.79 Å². The molecular formula is C11H18F3NO4S. The van der Waals surface area contributed by atoms with Crippen LogP contribution in [0, 0.1) is 5.92 Å². The van der Waals surface area contributed by atoms with E-state index in [0.29, 0.717) is 12.8 Å². The normalized spacial score (nSPS) is 25.6. The van der Waals surface area contributed by atoms with Crippen molar-refractivity contribution < 1.29 is 31.5 Å². The Hall–Kier alpha value is -0.830. The summed E-state index contributed by atoms with van der Waals surface area (Å²) in [4.78, 5) is 10.9. The number of carboxylic acid groups (broad SMARTS) is 1. The van der Waals surface area contributed by atoms with E-state index in [2.05, 4.69) is 0 Å². The lowest BCUT2D eigenvalue weighted by atomic mass is 9.96. The molecule has 118 valence electrons. The second-order valence-electron chi connectivity index (χ2n) is 5.07. The Labute approximate surface area is 115 Å². The fourth-order valence-corrected chi connectivity index (χ4v) is 4.04. The second kappa shape index (κ2) is 6.30. The number of halogens is 3. The number of aliphatic carboxylic acids is 1. The zero-order chi connectivity index (χ0) is 15.6. The summed E-state index contributed by atoms with van der Waals surface area (Å²) in [6, 6.07) is -0.374. The minimum Gasteiger partial charge on any atom is -0.481 e. The van der Waals surface area contributed by atoms with Crippen LogP contribution in [-0.2, 0) is 14.8 Å². The highest BCUT2D eigenvalue weighted by atomic mass is 32.2. The summed E-state index contributed by atoms with van der Waals surface area (Å²) in [7, 11) is -3.85. The van der Waals surface area contributed by atoms with Crippen LogP contribution in [0.25, 0.3) is 0 Å². The number of nitrogens with zero attached hydrogens (tertiary/aromatic N) is 1. The van der Waals surface area contributed by atoms with Gasteiger partial charge in [0.2, 0.25) is 10.0 Å². The average molecular weight is 317 g/mol. The molecule has 1 heterocycles. The topological polar surface area (TPSA) is 74.7 Å². The first-order valence-electron chi connectivity index (χ1n) is 6.32. The minimum absolute atomic E-state index is 0.162. The fraction of sp³-hybridized carbons (Fsp3) is 0.909. The van der Waals surface area contributed by atoms with Gasteiger partial charge in [0.25, 0.3) is 0 Å². The number of carboxylic acids is 1. The highest BCUT2D eigenvalue weighted by Gasteiger charge is 2.37. The first-order valence-corrected chi connectivity index (χ1v) is 7.93. The third-order valence-electron chi connectivity index (χ3n) is 3.39. The molecule has 0 aromatic heterocycles. The predicted octanol–water partition coefficient (Wildman–Crippen LogP) is 1.84. The minimum atomic E-state index is -4.38. The summed E-state index contributed by atoms with van der Waals surface area (Å²) in [5, 5.41) is 8.92. The van der Waals surface area contributed by atoms with Gasteiger partial charge in [0.1, 0.15) is 0 Å². The molecule has 0 radical (unpaired) electrons. The van der Waals surface area contributed by atoms with Crippen LogP contribution < -0.4 is 0 Å². The summed E-state index contributed by atoms with van der Waals surface area (Å²) >= 11 is 0. The Kier molecular flexibility index (Phi) is 5.42. The third-order valence-corrected chi connectivity index (χ3v) is 5.42. The van der Waals surface area contributed by atoms with E-state index in [0.717, 1.165) is 4.31 Å². The van der Waals surface area contributed by atoms with E-state index in [1.54, 1.807) is 6.92 Å². The van der Waals surface area contributed by atoms with Crippen LogP contribution in [-0.4, -0.2) is 48.3 Å². The SMILES string of the molecule is CC1CCC(C(=O)O)CN1S(=O)(=O)CCCC(F)(F)F. The van der Waals surface area contributed by atoms with Gasteiger partial charge < -0.3 is 5.11 Å². The number of alkyl halides is 3. The summed E-state index contributed by atoms with van der Waals surface area (Å²) in [6.07, 6.45) is -5.27. The highest BCUT2D eigenvalue weighted by Crippen LogP contribution is 2.27. The lowest BCUT2D eigenvalue weighted by molar-refractivity contribution is -0.143. The van der Waals surface area contributed by atoms with Gasteiger partial charge in [0.15, 0.2) is 0 Å². The number of piperidine rings is 1. The first kappa shape index (κ1) is 17.2. The molecule has 0 bridgehead atoms. The molecular weight excluding hydrogens is 299 g/mol. The Morgan fingerprint density at radius 3 is 2.45 bits per heavy atom. The predicted molar refractivity (Wildman–Crippen MR) is 65.6 cm³/mol. The molecule has 2 unspecified atom stereocenters. The lowest BCUT2D eigenvalue weighted by Gasteiger charge is -2.35. The van der Waals surface area contributed by atoms with Gasteiger partial charge in [-0.05, 0) is 26.2 Å². The molecule has 1 fully saturated rings. The van der Waals surface area contributed by atoms with Crippen molar-refractivity contribution in [3.05, 3.63) is 0 Å². The lowest BCUT2D eigenvalue weighted by Crippen LogP contribution is -2.48. The van der Waals surface area contributed by atoms with Crippen molar-refractivity contribution in [3.63, 3.8) is 0 Å². The Morgan fingerprint density at radius 1 is 1.35 bits per heavy atom. The molecule has 1 N–H and O–H groups in total. The van der Waals surface area contributed by atoms with Gasteiger partial charge in [0, 0.05) is 19.0 Å². The first-order chi connectivity index (χ1) is 9.03. The summed E-state index contributed by atoms with van der Waals surface area (Å²) < 4.78 is 61.2. The van der Waals surface area contributed by atoms with Crippen molar-refractivity contribution in [2.45, 2.75) is 44.8 Å². The van der Waals surface area contributed by atoms with Crippen molar-refractivity contribution in [1.29, 1.82) is 0 Å². The largest absolute Gasteiger partial charge is 0.481 e. The van der Waals surface area contributed by atoms with Crippen LogP contribution >= 0.6 is 0 Å². The molecule has 20 heavy (non-hydrogen) atoms. The number of hydrogen-bond donors (Lipinski definition) is 1. The van der Waals surface area contributed by atoms with E-state index in [4.69, 9.17) is 5.11 Å². The molecule has 5 nitrogen and oxygen atoms in total. The Balaban J connectivity index is 2.67. The summed E-state index contributed by atoms with van der Waals surface area (Å²) in [5.41, 5.74) is 0. The van der Waals surface area contributed by atoms with Crippen molar-refractivity contribution in [3.8, 4) is 0 Å².